The van der Waals surface area contributed by atoms with Crippen LogP contribution in [-0.4, -0.2) is 20.4 Å². The van der Waals surface area contributed by atoms with Crippen molar-refractivity contribution in [2.24, 2.45) is 0 Å². The van der Waals surface area contributed by atoms with E-state index in [9.17, 15) is 9.59 Å². The first kappa shape index (κ1) is 14.3. The third-order valence-electron chi connectivity index (χ3n) is 4.34. The van der Waals surface area contributed by atoms with E-state index in [0.717, 1.165) is 26.6 Å². The quantitative estimate of drug-likeness (QED) is 0.495. The van der Waals surface area contributed by atoms with Gasteiger partial charge in [-0.2, -0.15) is 0 Å². The topological polar surface area (TPSA) is 96.7 Å². The van der Waals surface area contributed by atoms with E-state index < -0.39 is 5.69 Å². The molecule has 4 aromatic rings. The molecule has 0 bridgehead atoms. The average Bonchev–Trinajstić information content (AvgIpc) is 3.09. The molecule has 0 unspecified atom stereocenters. The zero-order valence-electron chi connectivity index (χ0n) is 13.1. The molecule has 24 heavy (non-hydrogen) atoms. The van der Waals surface area contributed by atoms with Crippen molar-refractivity contribution in [3.63, 3.8) is 0 Å². The van der Waals surface area contributed by atoms with Gasteiger partial charge in [0.15, 0.2) is 0 Å². The zero-order valence-corrected chi connectivity index (χ0v) is 13.1. The highest BCUT2D eigenvalue weighted by Crippen LogP contribution is 2.21. The van der Waals surface area contributed by atoms with Crippen LogP contribution in [-0.2, 0) is 6.42 Å². The second kappa shape index (κ2) is 5.13. The number of H-pyrrole nitrogens is 2. The number of hydrogen-bond donors (Lipinski definition) is 3. The van der Waals surface area contributed by atoms with Crippen molar-refractivity contribution < 1.29 is 4.79 Å². The fourth-order valence-corrected chi connectivity index (χ4v) is 3.05. The van der Waals surface area contributed by atoms with Gasteiger partial charge in [-0.05, 0) is 36.2 Å². The molecule has 6 nitrogen and oxygen atoms in total. The fourth-order valence-electron chi connectivity index (χ4n) is 3.05. The fraction of sp³-hybridized carbons (Fsp3) is 0.111. The molecule has 0 spiro atoms. The summed E-state index contributed by atoms with van der Waals surface area (Å²) < 4.78 is 1.16. The number of aromatic nitrogens is 3. The van der Waals surface area contributed by atoms with Gasteiger partial charge in [0.2, 0.25) is 5.91 Å². The number of imidazole rings is 1. The standard InChI is InChI=1S/C18H16N4O2/c1-10-6-15-16(8-13(10)19)22(18(24)21-15)17(23)7-11-9-20-14-5-3-2-4-12(11)14/h2-6,8-9,20H,7,19H2,1H3,(H,21,24). The number of fused-ring (bicyclic) bond motifs is 2. The predicted molar refractivity (Wildman–Crippen MR) is 94.3 cm³/mol. The Morgan fingerprint density at radius 1 is 1.21 bits per heavy atom. The van der Waals surface area contributed by atoms with Gasteiger partial charge >= 0.3 is 5.69 Å². The van der Waals surface area contributed by atoms with Crippen LogP contribution >= 0.6 is 0 Å². The van der Waals surface area contributed by atoms with E-state index in [-0.39, 0.29) is 12.3 Å². The van der Waals surface area contributed by atoms with Crippen LogP contribution in [0.5, 0.6) is 0 Å². The van der Waals surface area contributed by atoms with Crippen LogP contribution < -0.4 is 11.4 Å². The smallest absolute Gasteiger partial charge is 0.333 e. The monoisotopic (exact) mass is 320 g/mol. The summed E-state index contributed by atoms with van der Waals surface area (Å²) >= 11 is 0. The second-order valence-electron chi connectivity index (χ2n) is 5.92. The predicted octanol–water partition coefficient (Wildman–Crippen LogP) is 2.58. The number of benzene rings is 2. The van der Waals surface area contributed by atoms with Gasteiger partial charge in [0, 0.05) is 22.8 Å². The maximum absolute atomic E-state index is 12.7. The lowest BCUT2D eigenvalue weighted by Gasteiger charge is -2.04. The molecule has 0 aliphatic rings. The molecule has 2 aromatic carbocycles. The molecule has 0 aliphatic carbocycles. The Kier molecular flexibility index (Phi) is 3.06. The van der Waals surface area contributed by atoms with E-state index in [1.807, 2.05) is 31.2 Å². The minimum absolute atomic E-state index is 0.130. The highest BCUT2D eigenvalue weighted by molar-refractivity contribution is 5.95. The number of aryl methyl sites for hydroxylation is 1. The van der Waals surface area contributed by atoms with Gasteiger partial charge in [-0.3, -0.25) is 4.79 Å². The molecule has 0 amide bonds. The van der Waals surface area contributed by atoms with Gasteiger partial charge in [-0.25, -0.2) is 9.36 Å². The average molecular weight is 320 g/mol. The molecule has 0 atom stereocenters. The number of para-hydroxylation sites is 1. The number of nitrogen functional groups attached to an aromatic ring is 1. The number of aromatic amines is 2. The first-order valence-electron chi connectivity index (χ1n) is 7.63. The summed E-state index contributed by atoms with van der Waals surface area (Å²) in [4.78, 5) is 30.8. The normalized spacial score (nSPS) is 11.4. The van der Waals surface area contributed by atoms with E-state index in [1.165, 1.54) is 0 Å². The number of nitrogens with two attached hydrogens (primary N) is 1. The molecular weight excluding hydrogens is 304 g/mol. The summed E-state index contributed by atoms with van der Waals surface area (Å²) in [5, 5.41) is 0.981. The Morgan fingerprint density at radius 2 is 2.00 bits per heavy atom. The third kappa shape index (κ3) is 2.11. The van der Waals surface area contributed by atoms with Gasteiger partial charge in [-0.15, -0.1) is 0 Å². The lowest BCUT2D eigenvalue weighted by molar-refractivity contribution is 0.0915. The summed E-state index contributed by atoms with van der Waals surface area (Å²) in [6.07, 6.45) is 1.94. The molecular formula is C18H16N4O2. The molecule has 4 N–H and O–H groups in total. The molecule has 0 radical (unpaired) electrons. The number of hydrogen-bond acceptors (Lipinski definition) is 3. The van der Waals surface area contributed by atoms with E-state index in [1.54, 1.807) is 18.3 Å². The Bertz CT molecular complexity index is 1150. The van der Waals surface area contributed by atoms with Crippen LogP contribution in [0.2, 0.25) is 0 Å². The van der Waals surface area contributed by atoms with E-state index in [0.29, 0.717) is 16.7 Å². The number of anilines is 1. The lowest BCUT2D eigenvalue weighted by Crippen LogP contribution is -2.25. The maximum atomic E-state index is 12.7. The molecule has 2 aromatic heterocycles. The number of nitrogens with zero attached hydrogens (tertiary/aromatic N) is 1. The molecule has 0 saturated carbocycles. The van der Waals surface area contributed by atoms with Crippen LogP contribution in [0.4, 0.5) is 5.69 Å². The Balaban J connectivity index is 1.80. The Hall–Kier alpha value is -3.28. The summed E-state index contributed by atoms with van der Waals surface area (Å²) in [6.45, 7) is 1.86. The zero-order chi connectivity index (χ0) is 16.8. The minimum atomic E-state index is -0.445. The minimum Gasteiger partial charge on any atom is -0.398 e. The highest BCUT2D eigenvalue weighted by atomic mass is 16.2. The van der Waals surface area contributed by atoms with Gasteiger partial charge in [-0.1, -0.05) is 18.2 Å². The third-order valence-corrected chi connectivity index (χ3v) is 4.34. The van der Waals surface area contributed by atoms with Crippen LogP contribution in [0, 0.1) is 6.92 Å². The SMILES string of the molecule is Cc1cc2[nH]c(=O)n(C(=O)Cc3c[nH]c4ccccc34)c2cc1N. The van der Waals surface area contributed by atoms with Crippen molar-refractivity contribution in [2.75, 3.05) is 5.73 Å². The van der Waals surface area contributed by atoms with Crippen LogP contribution in [0.25, 0.3) is 21.9 Å². The van der Waals surface area contributed by atoms with E-state index in [4.69, 9.17) is 5.73 Å². The van der Waals surface area contributed by atoms with Crippen LogP contribution in [0.15, 0.2) is 47.4 Å². The first-order chi connectivity index (χ1) is 11.5. The van der Waals surface area contributed by atoms with Gasteiger partial charge in [0.25, 0.3) is 0 Å². The lowest BCUT2D eigenvalue weighted by atomic mass is 10.1. The van der Waals surface area contributed by atoms with Gasteiger partial charge in [0.05, 0.1) is 17.5 Å². The number of nitrogens with one attached hydrogen (secondary N) is 2. The van der Waals surface area contributed by atoms with E-state index >= 15 is 0 Å². The largest absolute Gasteiger partial charge is 0.398 e. The molecule has 0 fully saturated rings. The van der Waals surface area contributed by atoms with Crippen LogP contribution in [0.3, 0.4) is 0 Å². The van der Waals surface area contributed by atoms with Gasteiger partial charge in [0.1, 0.15) is 0 Å². The molecule has 120 valence electrons. The molecule has 0 aliphatic heterocycles. The number of rotatable bonds is 2. The van der Waals surface area contributed by atoms with Crippen molar-refractivity contribution in [3.05, 3.63) is 64.2 Å². The number of carbonyl (C=O) groups is 1. The summed E-state index contributed by atoms with van der Waals surface area (Å²) in [5.74, 6) is -0.292. The summed E-state index contributed by atoms with van der Waals surface area (Å²) in [7, 11) is 0. The molecule has 4 rings (SSSR count). The van der Waals surface area contributed by atoms with Crippen molar-refractivity contribution in [2.45, 2.75) is 13.3 Å². The van der Waals surface area contributed by atoms with Crippen molar-refractivity contribution in [1.29, 1.82) is 0 Å². The summed E-state index contributed by atoms with van der Waals surface area (Å²) in [6, 6.07) is 11.2. The molecule has 2 heterocycles. The molecule has 6 heteroatoms. The first-order valence-corrected chi connectivity index (χ1v) is 7.63. The Labute approximate surface area is 136 Å². The summed E-state index contributed by atoms with van der Waals surface area (Å²) in [5.41, 5.74) is 9.84. The highest BCUT2D eigenvalue weighted by Gasteiger charge is 2.17. The Morgan fingerprint density at radius 3 is 2.83 bits per heavy atom. The second-order valence-corrected chi connectivity index (χ2v) is 5.92. The van der Waals surface area contributed by atoms with Crippen molar-refractivity contribution in [3.8, 4) is 0 Å². The number of carbonyl (C=O) groups excluding carboxylic acids is 1. The maximum Gasteiger partial charge on any atom is 0.333 e. The van der Waals surface area contributed by atoms with Gasteiger partial charge < -0.3 is 15.7 Å². The molecule has 0 saturated heterocycles. The van der Waals surface area contributed by atoms with Crippen molar-refractivity contribution in [1.82, 2.24) is 14.5 Å². The van der Waals surface area contributed by atoms with Crippen molar-refractivity contribution >= 4 is 33.5 Å². The van der Waals surface area contributed by atoms with E-state index in [2.05, 4.69) is 9.97 Å². The van der Waals surface area contributed by atoms with Crippen LogP contribution in [0.1, 0.15) is 15.9 Å².